The summed E-state index contributed by atoms with van der Waals surface area (Å²) < 4.78 is 4.37. The molecule has 84 valence electrons. The Morgan fingerprint density at radius 2 is 2.27 bits per heavy atom. The molecule has 0 aromatic carbocycles. The summed E-state index contributed by atoms with van der Waals surface area (Å²) in [6.45, 7) is 0.260. The molecule has 1 fully saturated rings. The SMILES string of the molecule is COC(=O)CNC(=O)C1CC(=O)N(C)C1. The largest absolute Gasteiger partial charge is 0.468 e. The predicted octanol–water partition coefficient (Wildman–Crippen LogP) is -1.25. The van der Waals surface area contributed by atoms with Crippen molar-refractivity contribution in [3.8, 4) is 0 Å². The molecule has 1 saturated heterocycles. The first-order valence-electron chi connectivity index (χ1n) is 4.63. The van der Waals surface area contributed by atoms with Gasteiger partial charge in [0.1, 0.15) is 6.54 Å². The van der Waals surface area contributed by atoms with Crippen LogP contribution in [0.25, 0.3) is 0 Å². The fraction of sp³-hybridized carbons (Fsp3) is 0.667. The van der Waals surface area contributed by atoms with E-state index < -0.39 is 5.97 Å². The van der Waals surface area contributed by atoms with E-state index in [9.17, 15) is 14.4 Å². The van der Waals surface area contributed by atoms with E-state index >= 15 is 0 Å². The van der Waals surface area contributed by atoms with Crippen LogP contribution < -0.4 is 5.32 Å². The molecule has 0 spiro atoms. The molecule has 0 aromatic heterocycles. The summed E-state index contributed by atoms with van der Waals surface area (Å²) in [5, 5.41) is 2.42. The molecule has 6 nitrogen and oxygen atoms in total. The van der Waals surface area contributed by atoms with Crippen LogP contribution in [0.3, 0.4) is 0 Å². The molecule has 0 bridgehead atoms. The highest BCUT2D eigenvalue weighted by Crippen LogP contribution is 2.15. The Kier molecular flexibility index (Phi) is 3.65. The van der Waals surface area contributed by atoms with E-state index in [0.29, 0.717) is 6.54 Å². The number of carbonyl (C=O) groups excluding carboxylic acids is 3. The second-order valence-electron chi connectivity index (χ2n) is 3.47. The molecular formula is C9H14N2O4. The first-order valence-corrected chi connectivity index (χ1v) is 4.63. The number of likely N-dealkylation sites (tertiary alicyclic amines) is 1. The number of nitrogens with zero attached hydrogens (tertiary/aromatic N) is 1. The van der Waals surface area contributed by atoms with Gasteiger partial charge in [0, 0.05) is 20.0 Å². The summed E-state index contributed by atoms with van der Waals surface area (Å²) in [5.74, 6) is -1.18. The number of hydrogen-bond acceptors (Lipinski definition) is 4. The molecule has 6 heteroatoms. The molecule has 0 aliphatic carbocycles. The standard InChI is InChI=1S/C9H14N2O4/c1-11-5-6(3-7(11)12)9(14)10-4-8(13)15-2/h6H,3-5H2,1-2H3,(H,10,14). The van der Waals surface area contributed by atoms with Gasteiger partial charge in [0.15, 0.2) is 0 Å². The Morgan fingerprint density at radius 1 is 1.60 bits per heavy atom. The minimum Gasteiger partial charge on any atom is -0.468 e. The van der Waals surface area contributed by atoms with Gasteiger partial charge >= 0.3 is 5.97 Å². The highest BCUT2D eigenvalue weighted by molar-refractivity contribution is 5.90. The van der Waals surface area contributed by atoms with Gasteiger partial charge in [-0.2, -0.15) is 0 Å². The van der Waals surface area contributed by atoms with Gasteiger partial charge in [-0.15, -0.1) is 0 Å². The summed E-state index contributed by atoms with van der Waals surface area (Å²) in [5.41, 5.74) is 0. The predicted molar refractivity (Wildman–Crippen MR) is 50.8 cm³/mol. The van der Waals surface area contributed by atoms with Crippen LogP contribution in [0.2, 0.25) is 0 Å². The van der Waals surface area contributed by atoms with Crippen molar-refractivity contribution in [3.05, 3.63) is 0 Å². The van der Waals surface area contributed by atoms with Gasteiger partial charge < -0.3 is 15.0 Å². The number of methoxy groups -OCH3 is 1. The lowest BCUT2D eigenvalue weighted by atomic mass is 10.1. The summed E-state index contributed by atoms with van der Waals surface area (Å²) in [7, 11) is 2.90. The van der Waals surface area contributed by atoms with Crippen LogP contribution in [-0.4, -0.2) is 49.9 Å². The lowest BCUT2D eigenvalue weighted by molar-refractivity contribution is -0.141. The van der Waals surface area contributed by atoms with E-state index in [1.807, 2.05) is 0 Å². The average Bonchev–Trinajstić information content (AvgIpc) is 2.55. The van der Waals surface area contributed by atoms with Crippen molar-refractivity contribution in [1.29, 1.82) is 0 Å². The molecule has 1 N–H and O–H groups in total. The monoisotopic (exact) mass is 214 g/mol. The normalized spacial score (nSPS) is 20.3. The maximum atomic E-state index is 11.5. The Bertz CT molecular complexity index is 290. The molecule has 0 radical (unpaired) electrons. The van der Waals surface area contributed by atoms with Gasteiger partial charge in [-0.1, -0.05) is 0 Å². The van der Waals surface area contributed by atoms with Gasteiger partial charge in [-0.05, 0) is 0 Å². The van der Waals surface area contributed by atoms with Crippen LogP contribution in [0.1, 0.15) is 6.42 Å². The smallest absolute Gasteiger partial charge is 0.325 e. The lowest BCUT2D eigenvalue weighted by Gasteiger charge is -2.09. The first-order chi connectivity index (χ1) is 7.04. The van der Waals surface area contributed by atoms with E-state index in [1.165, 1.54) is 12.0 Å². The second kappa shape index (κ2) is 4.77. The average molecular weight is 214 g/mol. The third-order valence-corrected chi connectivity index (χ3v) is 2.35. The van der Waals surface area contributed by atoms with Crippen molar-refractivity contribution in [2.45, 2.75) is 6.42 Å². The number of hydrogen-bond donors (Lipinski definition) is 1. The quantitative estimate of drug-likeness (QED) is 0.596. The molecule has 2 amide bonds. The summed E-state index contributed by atoms with van der Waals surface area (Å²) in [4.78, 5) is 34.8. The van der Waals surface area contributed by atoms with E-state index in [-0.39, 0.29) is 30.7 Å². The zero-order valence-electron chi connectivity index (χ0n) is 8.78. The zero-order valence-corrected chi connectivity index (χ0v) is 8.78. The van der Waals surface area contributed by atoms with Crippen molar-refractivity contribution in [1.82, 2.24) is 10.2 Å². The number of rotatable bonds is 3. The molecular weight excluding hydrogens is 200 g/mol. The lowest BCUT2D eigenvalue weighted by Crippen LogP contribution is -2.36. The summed E-state index contributed by atoms with van der Waals surface area (Å²) in [6, 6.07) is 0. The topological polar surface area (TPSA) is 75.7 Å². The minimum atomic E-state index is -0.499. The highest BCUT2D eigenvalue weighted by Gasteiger charge is 2.32. The molecule has 1 aliphatic heterocycles. The third kappa shape index (κ3) is 2.93. The van der Waals surface area contributed by atoms with Gasteiger partial charge in [-0.3, -0.25) is 14.4 Å². The molecule has 0 aromatic rings. The summed E-state index contributed by atoms with van der Waals surface area (Å²) >= 11 is 0. The Hall–Kier alpha value is -1.59. The first kappa shape index (κ1) is 11.5. The second-order valence-corrected chi connectivity index (χ2v) is 3.47. The molecule has 1 rings (SSSR count). The van der Waals surface area contributed by atoms with Crippen LogP contribution in [0, 0.1) is 5.92 Å². The number of esters is 1. The van der Waals surface area contributed by atoms with Crippen molar-refractivity contribution < 1.29 is 19.1 Å². The zero-order chi connectivity index (χ0) is 11.4. The van der Waals surface area contributed by atoms with E-state index in [4.69, 9.17) is 0 Å². The molecule has 15 heavy (non-hydrogen) atoms. The fourth-order valence-corrected chi connectivity index (χ4v) is 1.41. The van der Waals surface area contributed by atoms with Gasteiger partial charge in [0.2, 0.25) is 11.8 Å². The van der Waals surface area contributed by atoms with Crippen LogP contribution in [-0.2, 0) is 19.1 Å². The van der Waals surface area contributed by atoms with Crippen LogP contribution >= 0.6 is 0 Å². The molecule has 1 heterocycles. The van der Waals surface area contributed by atoms with Crippen molar-refractivity contribution >= 4 is 17.8 Å². The van der Waals surface area contributed by atoms with Crippen LogP contribution in [0.4, 0.5) is 0 Å². The minimum absolute atomic E-state index is 0.0479. The number of amides is 2. The molecule has 1 unspecified atom stereocenters. The van der Waals surface area contributed by atoms with Crippen molar-refractivity contribution in [2.75, 3.05) is 27.2 Å². The van der Waals surface area contributed by atoms with E-state index in [0.717, 1.165) is 0 Å². The Balaban J connectivity index is 2.36. The number of nitrogens with one attached hydrogen (secondary N) is 1. The van der Waals surface area contributed by atoms with Gasteiger partial charge in [-0.25, -0.2) is 0 Å². The molecule has 0 saturated carbocycles. The summed E-state index contributed by atoms with van der Waals surface area (Å²) in [6.07, 6.45) is 0.212. The maximum Gasteiger partial charge on any atom is 0.325 e. The van der Waals surface area contributed by atoms with E-state index in [2.05, 4.69) is 10.1 Å². The number of carbonyl (C=O) groups is 3. The maximum absolute atomic E-state index is 11.5. The Morgan fingerprint density at radius 3 is 2.73 bits per heavy atom. The third-order valence-electron chi connectivity index (χ3n) is 2.35. The molecule has 1 aliphatic rings. The number of ether oxygens (including phenoxy) is 1. The van der Waals surface area contributed by atoms with Crippen LogP contribution in [0.5, 0.6) is 0 Å². The fourth-order valence-electron chi connectivity index (χ4n) is 1.41. The van der Waals surface area contributed by atoms with Crippen molar-refractivity contribution in [3.63, 3.8) is 0 Å². The van der Waals surface area contributed by atoms with Gasteiger partial charge in [0.05, 0.1) is 13.0 Å². The van der Waals surface area contributed by atoms with Gasteiger partial charge in [0.25, 0.3) is 0 Å². The van der Waals surface area contributed by atoms with E-state index in [1.54, 1.807) is 7.05 Å². The Labute approximate surface area is 87.6 Å². The van der Waals surface area contributed by atoms with Crippen LogP contribution in [0.15, 0.2) is 0 Å². The van der Waals surface area contributed by atoms with Crippen molar-refractivity contribution in [2.24, 2.45) is 5.92 Å². The molecule has 1 atom stereocenters. The highest BCUT2D eigenvalue weighted by atomic mass is 16.5.